The fourth-order valence-corrected chi connectivity index (χ4v) is 4.19. The number of benzene rings is 3. The number of amides is 2. The van der Waals surface area contributed by atoms with Gasteiger partial charge in [0, 0.05) is 21.3 Å². The van der Waals surface area contributed by atoms with Crippen molar-refractivity contribution in [3.8, 4) is 17.2 Å². The molecule has 8 nitrogen and oxygen atoms in total. The highest BCUT2D eigenvalue weighted by atomic mass is 79.9. The third kappa shape index (κ3) is 5.31. The van der Waals surface area contributed by atoms with Gasteiger partial charge in [-0.1, -0.05) is 28.6 Å². The Bertz CT molecular complexity index is 1280. The highest BCUT2D eigenvalue weighted by Gasteiger charge is 2.36. The second kappa shape index (κ2) is 11.2. The van der Waals surface area contributed by atoms with E-state index in [1.54, 1.807) is 61.7 Å². The zero-order valence-electron chi connectivity index (χ0n) is 19.9. The molecule has 0 saturated heterocycles. The van der Waals surface area contributed by atoms with Crippen LogP contribution < -0.4 is 25.0 Å². The van der Waals surface area contributed by atoms with Gasteiger partial charge in [-0.25, -0.2) is 5.01 Å². The SMILES string of the molecule is C=CCOc1ccc(C(=O)NN2C(=O)c3cc(Br)ccc3N[C@@H]2c2cc(OCC)ccc2OC)cc1. The van der Waals surface area contributed by atoms with Crippen molar-refractivity contribution in [2.45, 2.75) is 13.1 Å². The maximum Gasteiger partial charge on any atom is 0.276 e. The molecule has 0 saturated carbocycles. The fourth-order valence-electron chi connectivity index (χ4n) is 3.82. The number of nitrogens with zero attached hydrogens (tertiary/aromatic N) is 1. The molecule has 3 aromatic carbocycles. The number of anilines is 1. The lowest BCUT2D eigenvalue weighted by atomic mass is 10.0. The van der Waals surface area contributed by atoms with Crippen LogP contribution in [0.3, 0.4) is 0 Å². The molecule has 1 atom stereocenters. The summed E-state index contributed by atoms with van der Waals surface area (Å²) >= 11 is 3.42. The van der Waals surface area contributed by atoms with Gasteiger partial charge in [0.2, 0.25) is 0 Å². The Balaban J connectivity index is 1.71. The quantitative estimate of drug-likeness (QED) is 0.349. The first kappa shape index (κ1) is 25.1. The molecule has 1 aliphatic rings. The first-order valence-electron chi connectivity index (χ1n) is 11.3. The number of ether oxygens (including phenoxy) is 3. The zero-order valence-corrected chi connectivity index (χ0v) is 21.5. The average molecular weight is 552 g/mol. The van der Waals surface area contributed by atoms with Gasteiger partial charge >= 0.3 is 0 Å². The Morgan fingerprint density at radius 1 is 1.11 bits per heavy atom. The predicted molar refractivity (Wildman–Crippen MR) is 140 cm³/mol. The van der Waals surface area contributed by atoms with E-state index in [1.807, 2.05) is 19.1 Å². The summed E-state index contributed by atoms with van der Waals surface area (Å²) in [7, 11) is 1.55. The largest absolute Gasteiger partial charge is 0.496 e. The number of hydrogen-bond donors (Lipinski definition) is 2. The average Bonchev–Trinajstić information content (AvgIpc) is 2.89. The van der Waals surface area contributed by atoms with E-state index in [-0.39, 0.29) is 5.91 Å². The first-order chi connectivity index (χ1) is 17.4. The van der Waals surface area contributed by atoms with Crippen LogP contribution in [0.5, 0.6) is 17.2 Å². The van der Waals surface area contributed by atoms with Crippen LogP contribution in [0.2, 0.25) is 0 Å². The van der Waals surface area contributed by atoms with E-state index in [1.165, 1.54) is 5.01 Å². The Labute approximate surface area is 217 Å². The van der Waals surface area contributed by atoms with Crippen LogP contribution in [-0.4, -0.2) is 37.1 Å². The van der Waals surface area contributed by atoms with Crippen molar-refractivity contribution in [3.63, 3.8) is 0 Å². The molecule has 0 aromatic heterocycles. The van der Waals surface area contributed by atoms with Gasteiger partial charge in [0.15, 0.2) is 6.17 Å². The van der Waals surface area contributed by atoms with Gasteiger partial charge in [-0.05, 0) is 67.6 Å². The maximum atomic E-state index is 13.7. The summed E-state index contributed by atoms with van der Waals surface area (Å²) in [6, 6.07) is 17.4. The molecule has 0 unspecified atom stereocenters. The summed E-state index contributed by atoms with van der Waals surface area (Å²) < 4.78 is 17.5. The number of nitrogens with one attached hydrogen (secondary N) is 2. The van der Waals surface area contributed by atoms with Crippen molar-refractivity contribution < 1.29 is 23.8 Å². The molecule has 9 heteroatoms. The molecule has 0 spiro atoms. The smallest absolute Gasteiger partial charge is 0.276 e. The number of fused-ring (bicyclic) bond motifs is 1. The third-order valence-electron chi connectivity index (χ3n) is 5.49. The molecule has 0 fully saturated rings. The van der Waals surface area contributed by atoms with Crippen LogP contribution in [0, 0.1) is 0 Å². The fraction of sp³-hybridized carbons (Fsp3) is 0.185. The summed E-state index contributed by atoms with van der Waals surface area (Å²) in [6.07, 6.45) is 0.876. The Kier molecular flexibility index (Phi) is 7.80. The highest BCUT2D eigenvalue weighted by Crippen LogP contribution is 2.38. The molecule has 36 heavy (non-hydrogen) atoms. The number of hydrazine groups is 1. The van der Waals surface area contributed by atoms with E-state index in [2.05, 4.69) is 33.3 Å². The molecular weight excluding hydrogens is 526 g/mol. The van der Waals surface area contributed by atoms with Crippen LogP contribution in [0.15, 0.2) is 77.8 Å². The lowest BCUT2D eigenvalue weighted by Gasteiger charge is -2.38. The molecule has 0 bridgehead atoms. The Morgan fingerprint density at radius 3 is 2.56 bits per heavy atom. The van der Waals surface area contributed by atoms with E-state index in [4.69, 9.17) is 14.2 Å². The summed E-state index contributed by atoms with van der Waals surface area (Å²) in [4.78, 5) is 26.9. The van der Waals surface area contributed by atoms with Crippen molar-refractivity contribution in [1.82, 2.24) is 10.4 Å². The van der Waals surface area contributed by atoms with Crippen LogP contribution in [0.4, 0.5) is 5.69 Å². The van der Waals surface area contributed by atoms with Gasteiger partial charge in [-0.15, -0.1) is 0 Å². The van der Waals surface area contributed by atoms with Crippen LogP contribution in [-0.2, 0) is 0 Å². The number of halogens is 1. The topological polar surface area (TPSA) is 89.1 Å². The normalized spacial score (nSPS) is 14.4. The zero-order chi connectivity index (χ0) is 25.7. The molecule has 2 amide bonds. The second-order valence-corrected chi connectivity index (χ2v) is 8.73. The molecule has 3 aromatic rings. The molecule has 0 radical (unpaired) electrons. The van der Waals surface area contributed by atoms with E-state index in [0.717, 1.165) is 4.47 Å². The van der Waals surface area contributed by atoms with Gasteiger partial charge in [-0.2, -0.15) is 0 Å². The minimum atomic E-state index is -0.763. The highest BCUT2D eigenvalue weighted by molar-refractivity contribution is 9.10. The minimum absolute atomic E-state index is 0.360. The van der Waals surface area contributed by atoms with Gasteiger partial charge in [0.1, 0.15) is 23.9 Å². The lowest BCUT2D eigenvalue weighted by Crippen LogP contribution is -2.53. The molecular formula is C27H26BrN3O5. The molecule has 186 valence electrons. The van der Waals surface area contributed by atoms with Crippen molar-refractivity contribution >= 4 is 33.4 Å². The van der Waals surface area contributed by atoms with E-state index >= 15 is 0 Å². The third-order valence-corrected chi connectivity index (χ3v) is 5.99. The Morgan fingerprint density at radius 2 is 1.86 bits per heavy atom. The molecule has 1 aliphatic heterocycles. The van der Waals surface area contributed by atoms with Crippen molar-refractivity contribution in [1.29, 1.82) is 0 Å². The van der Waals surface area contributed by atoms with E-state index in [0.29, 0.717) is 52.8 Å². The summed E-state index contributed by atoms with van der Waals surface area (Å²) in [5, 5.41) is 4.63. The van der Waals surface area contributed by atoms with Crippen molar-refractivity contribution in [2.75, 3.05) is 25.6 Å². The van der Waals surface area contributed by atoms with Gasteiger partial charge in [0.25, 0.3) is 11.8 Å². The van der Waals surface area contributed by atoms with Crippen molar-refractivity contribution in [3.05, 3.63) is 94.5 Å². The van der Waals surface area contributed by atoms with Crippen molar-refractivity contribution in [2.24, 2.45) is 0 Å². The lowest BCUT2D eigenvalue weighted by molar-refractivity contribution is 0.0488. The standard InChI is InChI=1S/C27H26BrN3O5/c1-4-14-36-19-9-6-17(7-10-19)26(32)30-31-25(22-16-20(35-5-2)11-13-24(22)34-3)29-23-12-8-18(28)15-21(23)27(31)33/h4,6-13,15-16,25,29H,1,5,14H2,2-3H3,(H,30,32)/t25-/m0/s1. The number of rotatable bonds is 9. The summed E-state index contributed by atoms with van der Waals surface area (Å²) in [5.41, 5.74) is 4.80. The Hall–Kier alpha value is -3.98. The van der Waals surface area contributed by atoms with Crippen LogP contribution >= 0.6 is 15.9 Å². The molecule has 2 N–H and O–H groups in total. The van der Waals surface area contributed by atoms with Gasteiger partial charge in [0.05, 0.1) is 19.3 Å². The van der Waals surface area contributed by atoms with E-state index < -0.39 is 12.1 Å². The molecule has 0 aliphatic carbocycles. The first-order valence-corrected chi connectivity index (χ1v) is 12.1. The van der Waals surface area contributed by atoms with Crippen LogP contribution in [0.25, 0.3) is 0 Å². The summed E-state index contributed by atoms with van der Waals surface area (Å²) in [6.45, 7) is 6.35. The maximum absolute atomic E-state index is 13.7. The summed E-state index contributed by atoms with van der Waals surface area (Å²) in [5.74, 6) is 0.927. The van der Waals surface area contributed by atoms with E-state index in [9.17, 15) is 9.59 Å². The predicted octanol–water partition coefficient (Wildman–Crippen LogP) is 5.33. The number of carbonyl (C=O) groups is 2. The van der Waals surface area contributed by atoms with Crippen LogP contribution in [0.1, 0.15) is 39.4 Å². The number of methoxy groups -OCH3 is 1. The number of carbonyl (C=O) groups excluding carboxylic acids is 2. The second-order valence-electron chi connectivity index (χ2n) is 7.81. The number of hydrogen-bond acceptors (Lipinski definition) is 6. The molecule has 1 heterocycles. The van der Waals surface area contributed by atoms with Gasteiger partial charge < -0.3 is 19.5 Å². The monoisotopic (exact) mass is 551 g/mol. The van der Waals surface area contributed by atoms with Gasteiger partial charge in [-0.3, -0.25) is 15.0 Å². The molecule has 4 rings (SSSR count). The minimum Gasteiger partial charge on any atom is -0.496 e.